The van der Waals surface area contributed by atoms with Crippen LogP contribution in [-0.4, -0.2) is 11.8 Å². The van der Waals surface area contributed by atoms with E-state index in [4.69, 9.17) is 0 Å². The van der Waals surface area contributed by atoms with Crippen molar-refractivity contribution in [2.24, 2.45) is 5.92 Å². The molecule has 3 rings (SSSR count). The van der Waals surface area contributed by atoms with Crippen molar-refractivity contribution in [2.75, 3.05) is 10.6 Å². The van der Waals surface area contributed by atoms with E-state index in [0.717, 1.165) is 34.8 Å². The van der Waals surface area contributed by atoms with Gasteiger partial charge in [0.25, 0.3) is 0 Å². The Morgan fingerprint density at radius 1 is 1.30 bits per heavy atom. The van der Waals surface area contributed by atoms with Crippen LogP contribution in [0.25, 0.3) is 17.2 Å². The number of rotatable bonds is 2. The van der Waals surface area contributed by atoms with E-state index in [0.29, 0.717) is 17.8 Å². The SMILES string of the molecule is CCC(=O)Nc1cc(P)c2c(c1)NC(=O)C(C)CC/C=C\c1cccc-2c1. The number of allylic oxidation sites excluding steroid dienone is 1. The van der Waals surface area contributed by atoms with Gasteiger partial charge in [-0.3, -0.25) is 9.59 Å². The van der Waals surface area contributed by atoms with E-state index in [-0.39, 0.29) is 17.7 Å². The highest BCUT2D eigenvalue weighted by atomic mass is 31.0. The number of hydrogen-bond donors (Lipinski definition) is 2. The second-order valence-electron chi connectivity index (χ2n) is 6.89. The van der Waals surface area contributed by atoms with E-state index in [2.05, 4.69) is 44.2 Å². The second kappa shape index (κ2) is 8.49. The third-order valence-electron chi connectivity index (χ3n) is 4.73. The van der Waals surface area contributed by atoms with Crippen LogP contribution in [0.5, 0.6) is 0 Å². The van der Waals surface area contributed by atoms with Crippen molar-refractivity contribution in [2.45, 2.75) is 33.1 Å². The van der Waals surface area contributed by atoms with Gasteiger partial charge in [0.05, 0.1) is 5.69 Å². The summed E-state index contributed by atoms with van der Waals surface area (Å²) in [6, 6.07) is 12.0. The van der Waals surface area contributed by atoms with Crippen LogP contribution in [0.1, 0.15) is 38.7 Å². The normalized spacial score (nSPS) is 17.7. The van der Waals surface area contributed by atoms with E-state index in [1.807, 2.05) is 38.1 Å². The number of carbonyl (C=O) groups is 2. The molecular weight excluding hydrogens is 355 g/mol. The monoisotopic (exact) mass is 380 g/mol. The van der Waals surface area contributed by atoms with Crippen LogP contribution in [0, 0.1) is 5.92 Å². The largest absolute Gasteiger partial charge is 0.326 e. The molecule has 2 atom stereocenters. The minimum absolute atomic E-state index is 0.00949. The maximum atomic E-state index is 12.7. The van der Waals surface area contributed by atoms with Crippen LogP contribution >= 0.6 is 9.24 Å². The molecule has 140 valence electrons. The standard InChI is InChI=1S/C22H25N2O2P/c1-3-20(25)23-17-12-18-21(19(27)13-17)16-10-6-9-15(11-16)8-5-4-7-14(2)22(26)24-18/h5-6,8-14H,3-4,7,27H2,1-2H3,(H,23,25)(H,24,26)/b8-5-. The van der Waals surface area contributed by atoms with Gasteiger partial charge < -0.3 is 10.6 Å². The van der Waals surface area contributed by atoms with Gasteiger partial charge in [-0.1, -0.05) is 44.2 Å². The molecule has 0 fully saturated rings. The molecule has 1 aliphatic rings. The lowest BCUT2D eigenvalue weighted by Crippen LogP contribution is -2.22. The minimum Gasteiger partial charge on any atom is -0.326 e. The summed E-state index contributed by atoms with van der Waals surface area (Å²) in [7, 11) is 2.73. The number of hydrogen-bond acceptors (Lipinski definition) is 2. The molecule has 1 heterocycles. The molecule has 5 heteroatoms. The van der Waals surface area contributed by atoms with Gasteiger partial charge in [-0.05, 0) is 47.5 Å². The predicted octanol–water partition coefficient (Wildman–Crippen LogP) is 4.58. The molecule has 27 heavy (non-hydrogen) atoms. The number of nitrogens with one attached hydrogen (secondary N) is 2. The molecule has 0 aliphatic carbocycles. The average molecular weight is 380 g/mol. The maximum Gasteiger partial charge on any atom is 0.227 e. The number of benzene rings is 2. The fourth-order valence-electron chi connectivity index (χ4n) is 3.16. The molecule has 2 bridgehead atoms. The highest BCUT2D eigenvalue weighted by molar-refractivity contribution is 7.28. The van der Waals surface area contributed by atoms with Crippen LogP contribution in [0.4, 0.5) is 11.4 Å². The number of amides is 2. The van der Waals surface area contributed by atoms with Crippen molar-refractivity contribution in [3.63, 3.8) is 0 Å². The van der Waals surface area contributed by atoms with E-state index < -0.39 is 0 Å². The Hall–Kier alpha value is -2.45. The number of carbonyl (C=O) groups excluding carboxylic acids is 2. The zero-order valence-corrected chi connectivity index (χ0v) is 16.9. The Balaban J connectivity index is 2.15. The average Bonchev–Trinajstić information content (AvgIpc) is 2.64. The molecule has 2 amide bonds. The first-order valence-corrected chi connectivity index (χ1v) is 9.87. The summed E-state index contributed by atoms with van der Waals surface area (Å²) in [5.41, 5.74) is 4.50. The second-order valence-corrected chi connectivity index (χ2v) is 7.51. The van der Waals surface area contributed by atoms with Gasteiger partial charge in [-0.25, -0.2) is 0 Å². The van der Waals surface area contributed by atoms with E-state index >= 15 is 0 Å². The summed E-state index contributed by atoms with van der Waals surface area (Å²) < 4.78 is 0. The molecule has 4 nitrogen and oxygen atoms in total. The molecule has 0 radical (unpaired) electrons. The van der Waals surface area contributed by atoms with Gasteiger partial charge in [-0.2, -0.15) is 0 Å². The molecule has 2 unspecified atom stereocenters. The first kappa shape index (κ1) is 19.3. The summed E-state index contributed by atoms with van der Waals surface area (Å²) in [6.07, 6.45) is 6.27. The van der Waals surface area contributed by atoms with Crippen molar-refractivity contribution in [1.29, 1.82) is 0 Å². The zero-order chi connectivity index (χ0) is 19.4. The van der Waals surface area contributed by atoms with Crippen LogP contribution in [0.3, 0.4) is 0 Å². The van der Waals surface area contributed by atoms with Crippen molar-refractivity contribution < 1.29 is 9.59 Å². The van der Waals surface area contributed by atoms with Crippen LogP contribution in [0.2, 0.25) is 0 Å². The molecule has 2 aromatic carbocycles. The van der Waals surface area contributed by atoms with Crippen LogP contribution in [0.15, 0.2) is 42.5 Å². The van der Waals surface area contributed by atoms with Crippen LogP contribution < -0.4 is 15.9 Å². The zero-order valence-electron chi connectivity index (χ0n) is 15.7. The molecule has 0 saturated carbocycles. The lowest BCUT2D eigenvalue weighted by molar-refractivity contribution is -0.119. The summed E-state index contributed by atoms with van der Waals surface area (Å²) in [6.45, 7) is 3.76. The van der Waals surface area contributed by atoms with Crippen LogP contribution in [-0.2, 0) is 9.59 Å². The third-order valence-corrected chi connectivity index (χ3v) is 5.19. The molecule has 0 spiro atoms. The van der Waals surface area contributed by atoms with Crippen molar-refractivity contribution >= 4 is 43.8 Å². The van der Waals surface area contributed by atoms with Gasteiger partial charge in [0.2, 0.25) is 11.8 Å². The summed E-state index contributed by atoms with van der Waals surface area (Å²) in [5, 5.41) is 6.89. The fourth-order valence-corrected chi connectivity index (χ4v) is 3.66. The Labute approximate surface area is 162 Å². The van der Waals surface area contributed by atoms with Crippen molar-refractivity contribution in [3.05, 3.63) is 48.0 Å². The van der Waals surface area contributed by atoms with Gasteiger partial charge in [0, 0.05) is 23.6 Å². The quantitative estimate of drug-likeness (QED) is 0.749. The van der Waals surface area contributed by atoms with E-state index in [1.165, 1.54) is 0 Å². The van der Waals surface area contributed by atoms with E-state index in [1.54, 1.807) is 0 Å². The Kier molecular flexibility index (Phi) is 6.08. The summed E-state index contributed by atoms with van der Waals surface area (Å²) in [5.74, 6) is -0.161. The molecule has 0 aromatic heterocycles. The molecule has 2 aromatic rings. The molecule has 0 saturated heterocycles. The number of anilines is 2. The Morgan fingerprint density at radius 3 is 2.89 bits per heavy atom. The summed E-state index contributed by atoms with van der Waals surface area (Å²) in [4.78, 5) is 24.5. The third kappa shape index (κ3) is 4.64. The topological polar surface area (TPSA) is 58.2 Å². The Bertz CT molecular complexity index is 905. The van der Waals surface area contributed by atoms with Gasteiger partial charge >= 0.3 is 0 Å². The highest BCUT2D eigenvalue weighted by Crippen LogP contribution is 2.32. The van der Waals surface area contributed by atoms with Crippen molar-refractivity contribution in [3.8, 4) is 11.1 Å². The molecule has 2 N–H and O–H groups in total. The molecule has 1 aliphatic heterocycles. The highest BCUT2D eigenvalue weighted by Gasteiger charge is 2.18. The molecular formula is C22H25N2O2P. The van der Waals surface area contributed by atoms with Gasteiger partial charge in [-0.15, -0.1) is 9.24 Å². The fraction of sp³-hybridized carbons (Fsp3) is 0.273. The lowest BCUT2D eigenvalue weighted by atomic mass is 9.97. The Morgan fingerprint density at radius 2 is 2.11 bits per heavy atom. The minimum atomic E-state index is -0.0953. The van der Waals surface area contributed by atoms with E-state index in [9.17, 15) is 9.59 Å². The summed E-state index contributed by atoms with van der Waals surface area (Å²) >= 11 is 0. The first-order chi connectivity index (χ1) is 13.0. The predicted molar refractivity (Wildman–Crippen MR) is 116 cm³/mol. The lowest BCUT2D eigenvalue weighted by Gasteiger charge is -2.19. The maximum absolute atomic E-state index is 12.7. The smallest absolute Gasteiger partial charge is 0.227 e. The first-order valence-electron chi connectivity index (χ1n) is 9.29. The van der Waals surface area contributed by atoms with Crippen molar-refractivity contribution in [1.82, 2.24) is 0 Å². The van der Waals surface area contributed by atoms with Gasteiger partial charge in [0.1, 0.15) is 0 Å². The van der Waals surface area contributed by atoms with Gasteiger partial charge in [0.15, 0.2) is 0 Å². The number of fused-ring (bicyclic) bond motifs is 4.